The van der Waals surface area contributed by atoms with Gasteiger partial charge in [0.25, 0.3) is 0 Å². The fourth-order valence-corrected chi connectivity index (χ4v) is 2.01. The molecule has 0 aliphatic heterocycles. The van der Waals surface area contributed by atoms with Gasteiger partial charge in [-0.25, -0.2) is 0 Å². The van der Waals surface area contributed by atoms with Crippen LogP contribution in [0.3, 0.4) is 0 Å². The molecule has 0 aliphatic carbocycles. The molecule has 0 saturated carbocycles. The molecule has 1 rings (SSSR count). The van der Waals surface area contributed by atoms with Gasteiger partial charge in [-0.1, -0.05) is 68.9 Å². The fourth-order valence-electron chi connectivity index (χ4n) is 1.74. The third-order valence-electron chi connectivity index (χ3n) is 2.78. The van der Waals surface area contributed by atoms with Crippen LogP contribution in [0.4, 0.5) is 0 Å². The smallest absolute Gasteiger partial charge is 0.0240 e. The maximum atomic E-state index is 5.63. The van der Waals surface area contributed by atoms with Gasteiger partial charge in [0.2, 0.25) is 0 Å². The first-order chi connectivity index (χ1) is 7.82. The molecule has 1 heteroatoms. The molecule has 0 nitrogen and oxygen atoms in total. The minimum Gasteiger partial charge on any atom is -0.0840 e. The maximum absolute atomic E-state index is 5.63. The van der Waals surface area contributed by atoms with Crippen molar-refractivity contribution in [3.05, 3.63) is 47.0 Å². The normalized spacial score (nSPS) is 11.1. The SMILES string of the molecule is CC(C)=C(Cc1ccccc1)C(=S)C(C)(C)C. The van der Waals surface area contributed by atoms with Gasteiger partial charge in [-0.2, -0.15) is 0 Å². The van der Waals surface area contributed by atoms with E-state index in [0.29, 0.717) is 0 Å². The predicted molar refractivity (Wildman–Crippen MR) is 80.6 cm³/mol. The van der Waals surface area contributed by atoms with Crippen LogP contribution in [0.25, 0.3) is 0 Å². The summed E-state index contributed by atoms with van der Waals surface area (Å²) in [6, 6.07) is 10.5. The third-order valence-corrected chi connectivity index (χ3v) is 3.64. The van der Waals surface area contributed by atoms with Crippen LogP contribution < -0.4 is 0 Å². The molecule has 0 amide bonds. The molecule has 0 radical (unpaired) electrons. The van der Waals surface area contributed by atoms with Crippen LogP contribution in [0, 0.1) is 5.41 Å². The predicted octanol–water partition coefficient (Wildman–Crippen LogP) is 4.98. The summed E-state index contributed by atoms with van der Waals surface area (Å²) in [7, 11) is 0. The number of benzene rings is 1. The average molecular weight is 246 g/mol. The summed E-state index contributed by atoms with van der Waals surface area (Å²) in [6.45, 7) is 10.8. The quantitative estimate of drug-likeness (QED) is 0.535. The van der Waals surface area contributed by atoms with E-state index in [1.165, 1.54) is 16.7 Å². The van der Waals surface area contributed by atoms with Crippen LogP contribution in [0.5, 0.6) is 0 Å². The lowest BCUT2D eigenvalue weighted by Crippen LogP contribution is -2.22. The molecule has 0 spiro atoms. The molecular weight excluding hydrogens is 224 g/mol. The molecule has 92 valence electrons. The van der Waals surface area contributed by atoms with Crippen LogP contribution in [0.1, 0.15) is 40.2 Å². The van der Waals surface area contributed by atoms with Crippen molar-refractivity contribution in [1.82, 2.24) is 0 Å². The van der Waals surface area contributed by atoms with E-state index in [-0.39, 0.29) is 5.41 Å². The number of allylic oxidation sites excluding steroid dienone is 2. The topological polar surface area (TPSA) is 0 Å². The summed E-state index contributed by atoms with van der Waals surface area (Å²) < 4.78 is 0. The van der Waals surface area contributed by atoms with Gasteiger partial charge in [-0.3, -0.25) is 0 Å². The molecular formula is C16H22S. The van der Waals surface area contributed by atoms with E-state index >= 15 is 0 Å². The second kappa shape index (κ2) is 5.59. The molecule has 0 aliphatic rings. The molecule has 0 N–H and O–H groups in total. The van der Waals surface area contributed by atoms with E-state index in [2.05, 4.69) is 58.9 Å². The summed E-state index contributed by atoms with van der Waals surface area (Å²) in [4.78, 5) is 1.08. The Balaban J connectivity index is 2.99. The molecule has 1 aromatic carbocycles. The van der Waals surface area contributed by atoms with E-state index in [4.69, 9.17) is 12.2 Å². The highest BCUT2D eigenvalue weighted by atomic mass is 32.1. The van der Waals surface area contributed by atoms with E-state index in [1.807, 2.05) is 6.07 Å². The Labute approximate surface area is 111 Å². The van der Waals surface area contributed by atoms with Crippen LogP contribution in [-0.2, 0) is 6.42 Å². The Morgan fingerprint density at radius 1 is 1.06 bits per heavy atom. The number of hydrogen-bond donors (Lipinski definition) is 0. The van der Waals surface area contributed by atoms with Crippen molar-refractivity contribution < 1.29 is 0 Å². The number of hydrogen-bond acceptors (Lipinski definition) is 1. The summed E-state index contributed by atoms with van der Waals surface area (Å²) in [5, 5.41) is 0. The van der Waals surface area contributed by atoms with Crippen LogP contribution >= 0.6 is 12.2 Å². The van der Waals surface area contributed by atoms with E-state index in [0.717, 1.165) is 11.3 Å². The average Bonchev–Trinajstić information content (AvgIpc) is 2.24. The monoisotopic (exact) mass is 246 g/mol. The van der Waals surface area contributed by atoms with Crippen molar-refractivity contribution in [1.29, 1.82) is 0 Å². The highest BCUT2D eigenvalue weighted by molar-refractivity contribution is 7.81. The summed E-state index contributed by atoms with van der Waals surface area (Å²) in [6.07, 6.45) is 0.944. The van der Waals surface area contributed by atoms with Gasteiger partial charge in [0.05, 0.1) is 0 Å². The minimum atomic E-state index is 0.0662. The summed E-state index contributed by atoms with van der Waals surface area (Å²) in [5.41, 5.74) is 4.04. The number of rotatable bonds is 3. The molecule has 0 bridgehead atoms. The zero-order valence-electron chi connectivity index (χ0n) is 11.5. The van der Waals surface area contributed by atoms with Crippen molar-refractivity contribution in [2.45, 2.75) is 41.0 Å². The van der Waals surface area contributed by atoms with Crippen molar-refractivity contribution in [2.75, 3.05) is 0 Å². The second-order valence-electron chi connectivity index (χ2n) is 5.72. The third kappa shape index (κ3) is 4.08. The Kier molecular flexibility index (Phi) is 4.64. The van der Waals surface area contributed by atoms with Crippen LogP contribution in [0.15, 0.2) is 41.5 Å². The first-order valence-electron chi connectivity index (χ1n) is 6.07. The van der Waals surface area contributed by atoms with Gasteiger partial charge >= 0.3 is 0 Å². The highest BCUT2D eigenvalue weighted by Gasteiger charge is 2.21. The molecule has 17 heavy (non-hydrogen) atoms. The van der Waals surface area contributed by atoms with Gasteiger partial charge in [-0.15, -0.1) is 0 Å². The zero-order chi connectivity index (χ0) is 13.1. The summed E-state index contributed by atoms with van der Waals surface area (Å²) in [5.74, 6) is 0. The summed E-state index contributed by atoms with van der Waals surface area (Å²) >= 11 is 5.63. The van der Waals surface area contributed by atoms with Crippen molar-refractivity contribution >= 4 is 17.1 Å². The molecule has 0 unspecified atom stereocenters. The van der Waals surface area contributed by atoms with Gasteiger partial charge in [0.1, 0.15) is 0 Å². The lowest BCUT2D eigenvalue weighted by Gasteiger charge is -2.24. The maximum Gasteiger partial charge on any atom is 0.0240 e. The Morgan fingerprint density at radius 3 is 2.00 bits per heavy atom. The van der Waals surface area contributed by atoms with E-state index in [1.54, 1.807) is 0 Å². The molecule has 1 aromatic rings. The number of thiocarbonyl (C=S) groups is 1. The minimum absolute atomic E-state index is 0.0662. The molecule has 0 atom stereocenters. The Hall–Kier alpha value is -0.950. The van der Waals surface area contributed by atoms with Gasteiger partial charge in [-0.05, 0) is 36.8 Å². The van der Waals surface area contributed by atoms with E-state index < -0.39 is 0 Å². The lowest BCUT2D eigenvalue weighted by molar-refractivity contribution is 0.599. The first kappa shape index (κ1) is 14.1. The van der Waals surface area contributed by atoms with Crippen LogP contribution in [-0.4, -0.2) is 4.86 Å². The highest BCUT2D eigenvalue weighted by Crippen LogP contribution is 2.26. The van der Waals surface area contributed by atoms with E-state index in [9.17, 15) is 0 Å². The molecule has 0 aromatic heterocycles. The van der Waals surface area contributed by atoms with Crippen molar-refractivity contribution in [3.63, 3.8) is 0 Å². The van der Waals surface area contributed by atoms with Crippen LogP contribution in [0.2, 0.25) is 0 Å². The first-order valence-corrected chi connectivity index (χ1v) is 6.48. The fraction of sp³-hybridized carbons (Fsp3) is 0.438. The molecule has 0 fully saturated rings. The Morgan fingerprint density at radius 2 is 1.59 bits per heavy atom. The zero-order valence-corrected chi connectivity index (χ0v) is 12.3. The molecule has 0 saturated heterocycles. The van der Waals surface area contributed by atoms with Gasteiger partial charge in [0.15, 0.2) is 0 Å². The van der Waals surface area contributed by atoms with Crippen molar-refractivity contribution in [2.24, 2.45) is 5.41 Å². The van der Waals surface area contributed by atoms with Crippen molar-refractivity contribution in [3.8, 4) is 0 Å². The van der Waals surface area contributed by atoms with Gasteiger partial charge in [0, 0.05) is 4.86 Å². The Bertz CT molecular complexity index is 415. The second-order valence-corrected chi connectivity index (χ2v) is 6.13. The standard InChI is InChI=1S/C16H22S/c1-12(2)14(15(17)16(3,4)5)11-13-9-7-6-8-10-13/h6-10H,11H2,1-5H3. The van der Waals surface area contributed by atoms with Gasteiger partial charge < -0.3 is 0 Å². The largest absolute Gasteiger partial charge is 0.0840 e. The lowest BCUT2D eigenvalue weighted by atomic mass is 9.83. The molecule has 0 heterocycles.